The Morgan fingerprint density at radius 2 is 1.97 bits per heavy atom. The second-order valence-electron chi connectivity index (χ2n) is 8.02. The summed E-state index contributed by atoms with van der Waals surface area (Å²) < 4.78 is 13.0. The van der Waals surface area contributed by atoms with Crippen molar-refractivity contribution >= 4 is 34.2 Å². The highest BCUT2D eigenvalue weighted by Gasteiger charge is 2.34. The highest BCUT2D eigenvalue weighted by Crippen LogP contribution is 2.36. The highest BCUT2D eigenvalue weighted by atomic mass is 32.1. The molecule has 1 aliphatic heterocycles. The van der Waals surface area contributed by atoms with E-state index in [0.29, 0.717) is 26.4 Å². The Morgan fingerprint density at radius 3 is 2.71 bits per heavy atom. The number of carbonyl (C=O) groups is 1. The molecule has 35 heavy (non-hydrogen) atoms. The minimum Gasteiger partial charge on any atom is -0.497 e. The van der Waals surface area contributed by atoms with Gasteiger partial charge in [-0.15, -0.1) is 0 Å². The van der Waals surface area contributed by atoms with Crippen LogP contribution >= 0.6 is 11.3 Å². The zero-order chi connectivity index (χ0) is 24.5. The van der Waals surface area contributed by atoms with Crippen LogP contribution in [0.4, 0.5) is 0 Å². The fraction of sp³-hybridized carbons (Fsp3) is 0.185. The van der Waals surface area contributed by atoms with E-state index in [2.05, 4.69) is 9.98 Å². The molecule has 1 atom stereocenters. The van der Waals surface area contributed by atoms with E-state index in [4.69, 9.17) is 9.47 Å². The molecule has 5 rings (SSSR count). The van der Waals surface area contributed by atoms with E-state index in [1.165, 1.54) is 11.3 Å². The summed E-state index contributed by atoms with van der Waals surface area (Å²) in [5.74, 6) is 0.204. The van der Waals surface area contributed by atoms with Gasteiger partial charge >= 0.3 is 5.97 Å². The van der Waals surface area contributed by atoms with Crippen molar-refractivity contribution in [1.82, 2.24) is 9.55 Å². The molecule has 0 unspecified atom stereocenters. The minimum atomic E-state index is -0.694. The number of rotatable bonds is 5. The van der Waals surface area contributed by atoms with Gasteiger partial charge in [-0.1, -0.05) is 35.6 Å². The summed E-state index contributed by atoms with van der Waals surface area (Å²) in [5.41, 5.74) is 2.33. The van der Waals surface area contributed by atoms with E-state index in [1.54, 1.807) is 37.9 Å². The van der Waals surface area contributed by atoms with Crippen molar-refractivity contribution in [2.45, 2.75) is 19.9 Å². The molecule has 4 aromatic rings. The maximum Gasteiger partial charge on any atom is 0.338 e. The van der Waals surface area contributed by atoms with Crippen molar-refractivity contribution < 1.29 is 14.3 Å². The van der Waals surface area contributed by atoms with Gasteiger partial charge < -0.3 is 9.47 Å². The Bertz CT molecular complexity index is 1650. The van der Waals surface area contributed by atoms with Crippen LogP contribution in [0, 0.1) is 0 Å². The number of hydrogen-bond donors (Lipinski definition) is 0. The number of methoxy groups -OCH3 is 1. The lowest BCUT2D eigenvalue weighted by molar-refractivity contribution is -0.139. The first-order valence-corrected chi connectivity index (χ1v) is 12.0. The summed E-state index contributed by atoms with van der Waals surface area (Å²) in [5, 5.41) is 1.86. The van der Waals surface area contributed by atoms with E-state index in [1.807, 2.05) is 54.6 Å². The third-order valence-corrected chi connectivity index (χ3v) is 6.92. The van der Waals surface area contributed by atoms with Crippen LogP contribution in [0.25, 0.3) is 16.8 Å². The zero-order valence-electron chi connectivity index (χ0n) is 19.5. The molecule has 2 aromatic heterocycles. The quantitative estimate of drug-likeness (QED) is 0.405. The van der Waals surface area contributed by atoms with Gasteiger partial charge in [0.15, 0.2) is 4.80 Å². The molecule has 0 N–H and O–H groups in total. The second kappa shape index (κ2) is 9.31. The Morgan fingerprint density at radius 1 is 1.17 bits per heavy atom. The molecule has 0 saturated carbocycles. The van der Waals surface area contributed by atoms with Crippen LogP contribution in [-0.2, 0) is 9.53 Å². The summed E-state index contributed by atoms with van der Waals surface area (Å²) in [7, 11) is 1.61. The van der Waals surface area contributed by atoms with Crippen molar-refractivity contribution in [2.75, 3.05) is 13.7 Å². The maximum atomic E-state index is 13.8. The average molecular weight is 486 g/mol. The third kappa shape index (κ3) is 4.06. The van der Waals surface area contributed by atoms with Crippen molar-refractivity contribution in [3.63, 3.8) is 0 Å². The molecule has 0 saturated heterocycles. The molecule has 0 bridgehead atoms. The van der Waals surface area contributed by atoms with E-state index < -0.39 is 12.0 Å². The third-order valence-electron chi connectivity index (χ3n) is 5.94. The van der Waals surface area contributed by atoms with Crippen LogP contribution in [0.1, 0.15) is 31.0 Å². The molecule has 0 fully saturated rings. The number of carbonyl (C=O) groups excluding carboxylic acids is 1. The van der Waals surface area contributed by atoms with Crippen LogP contribution in [0.3, 0.4) is 0 Å². The number of aromatic nitrogens is 2. The van der Waals surface area contributed by atoms with Gasteiger partial charge in [-0.25, -0.2) is 9.79 Å². The molecule has 0 spiro atoms. The lowest BCUT2D eigenvalue weighted by Gasteiger charge is -2.26. The summed E-state index contributed by atoms with van der Waals surface area (Å²) in [4.78, 5) is 36.2. The number of fused-ring (bicyclic) bond motifs is 2. The first-order chi connectivity index (χ1) is 17.0. The Balaban J connectivity index is 1.82. The van der Waals surface area contributed by atoms with Crippen molar-refractivity contribution in [3.05, 3.63) is 103 Å². The molecule has 7 nitrogen and oxygen atoms in total. The van der Waals surface area contributed by atoms with E-state index in [9.17, 15) is 9.59 Å². The van der Waals surface area contributed by atoms with Gasteiger partial charge in [-0.05, 0) is 66.1 Å². The van der Waals surface area contributed by atoms with E-state index >= 15 is 0 Å². The van der Waals surface area contributed by atoms with Gasteiger partial charge in [-0.2, -0.15) is 0 Å². The Kier molecular flexibility index (Phi) is 6.05. The number of esters is 1. The van der Waals surface area contributed by atoms with Crippen LogP contribution in [0.5, 0.6) is 5.75 Å². The Labute approximate surface area is 205 Å². The van der Waals surface area contributed by atoms with Crippen molar-refractivity contribution in [3.8, 4) is 5.75 Å². The fourth-order valence-corrected chi connectivity index (χ4v) is 5.38. The number of allylic oxidation sites excluding steroid dienone is 1. The van der Waals surface area contributed by atoms with Crippen LogP contribution < -0.4 is 19.6 Å². The largest absolute Gasteiger partial charge is 0.497 e. The number of thiazole rings is 1. The zero-order valence-corrected chi connectivity index (χ0v) is 20.3. The lowest BCUT2D eigenvalue weighted by atomic mass is 9.91. The van der Waals surface area contributed by atoms with Crippen molar-refractivity contribution in [2.24, 2.45) is 4.99 Å². The molecule has 0 aliphatic carbocycles. The second-order valence-corrected chi connectivity index (χ2v) is 9.03. The monoisotopic (exact) mass is 485 g/mol. The molecular weight excluding hydrogens is 462 g/mol. The van der Waals surface area contributed by atoms with E-state index in [0.717, 1.165) is 21.9 Å². The molecule has 1 aliphatic rings. The van der Waals surface area contributed by atoms with Gasteiger partial charge in [-0.3, -0.25) is 14.3 Å². The molecular formula is C27H23N3O4S. The fourth-order valence-electron chi connectivity index (χ4n) is 4.34. The van der Waals surface area contributed by atoms with Crippen LogP contribution in [0.15, 0.2) is 82.0 Å². The highest BCUT2D eigenvalue weighted by molar-refractivity contribution is 7.07. The summed E-state index contributed by atoms with van der Waals surface area (Å²) in [6.45, 7) is 3.76. The number of benzene rings is 2. The van der Waals surface area contributed by atoms with Gasteiger partial charge in [0.2, 0.25) is 0 Å². The van der Waals surface area contributed by atoms with E-state index in [-0.39, 0.29) is 12.2 Å². The summed E-state index contributed by atoms with van der Waals surface area (Å²) in [6.07, 6.45) is 5.18. The first-order valence-electron chi connectivity index (χ1n) is 11.2. The van der Waals surface area contributed by atoms with Crippen LogP contribution in [0.2, 0.25) is 0 Å². The summed E-state index contributed by atoms with van der Waals surface area (Å²) in [6, 6.07) is 14.6. The minimum absolute atomic E-state index is 0.218. The maximum absolute atomic E-state index is 13.8. The molecule has 8 heteroatoms. The lowest BCUT2D eigenvalue weighted by Crippen LogP contribution is -2.40. The SMILES string of the molecule is CCOC(=O)C1=C(C)N=c2s/c(=C\c3ccncc3)c(=O)n2[C@H]1c1cccc2ccc(OC)cc12. The Hall–Kier alpha value is -4.04. The van der Waals surface area contributed by atoms with Gasteiger partial charge in [0, 0.05) is 12.4 Å². The standard InChI is InChI=1S/C27H23N3O4S/c1-4-34-26(32)23-16(2)29-27-30(25(31)22(35-27)14-17-10-12-28-13-11-17)24(23)20-7-5-6-18-8-9-19(33-3)15-21(18)20/h5-15,24H,4H2,1-3H3/b22-14-/t24-/m0/s1. The smallest absolute Gasteiger partial charge is 0.338 e. The van der Waals surface area contributed by atoms with Crippen molar-refractivity contribution in [1.29, 1.82) is 0 Å². The number of hydrogen-bond acceptors (Lipinski definition) is 7. The van der Waals surface area contributed by atoms with Gasteiger partial charge in [0.05, 0.1) is 35.6 Å². The number of nitrogens with zero attached hydrogens (tertiary/aromatic N) is 3. The van der Waals surface area contributed by atoms with Gasteiger partial charge in [0.25, 0.3) is 5.56 Å². The molecule has 2 aromatic carbocycles. The average Bonchev–Trinajstić information content (AvgIpc) is 3.17. The van der Waals surface area contributed by atoms with Crippen LogP contribution in [-0.4, -0.2) is 29.2 Å². The molecule has 3 heterocycles. The molecule has 0 radical (unpaired) electrons. The number of ether oxygens (including phenoxy) is 2. The predicted octanol–water partition coefficient (Wildman–Crippen LogP) is 3.36. The summed E-state index contributed by atoms with van der Waals surface area (Å²) >= 11 is 1.30. The van der Waals surface area contributed by atoms with Gasteiger partial charge in [0.1, 0.15) is 5.75 Å². The normalized spacial score (nSPS) is 15.6. The first kappa shape index (κ1) is 22.7. The number of pyridine rings is 1. The topological polar surface area (TPSA) is 82.8 Å². The predicted molar refractivity (Wildman–Crippen MR) is 135 cm³/mol. The molecule has 176 valence electrons. The molecule has 0 amide bonds.